The van der Waals surface area contributed by atoms with Crippen molar-refractivity contribution in [2.75, 3.05) is 0 Å². The highest BCUT2D eigenvalue weighted by atomic mass is 14.6. The minimum absolute atomic E-state index is 0.845. The van der Waals surface area contributed by atoms with Gasteiger partial charge in [0.05, 0.1) is 0 Å². The van der Waals surface area contributed by atoms with Crippen molar-refractivity contribution >= 4 is 10.8 Å². The standard InChI is InChI=1S/C12H6N2/c13-7-2-5-10-3-1-4-11-6-8-14-9-12(10)11/h1,3-4,6,8-9H. The summed E-state index contributed by atoms with van der Waals surface area (Å²) in [5, 5.41) is 10.4. The van der Waals surface area contributed by atoms with Gasteiger partial charge in [-0.1, -0.05) is 18.1 Å². The third-order valence-electron chi connectivity index (χ3n) is 1.94. The van der Waals surface area contributed by atoms with E-state index in [4.69, 9.17) is 5.26 Å². The predicted molar refractivity (Wildman–Crippen MR) is 54.2 cm³/mol. The van der Waals surface area contributed by atoms with E-state index in [0.29, 0.717) is 0 Å². The van der Waals surface area contributed by atoms with Crippen molar-refractivity contribution in [2.45, 2.75) is 0 Å². The van der Waals surface area contributed by atoms with E-state index < -0.39 is 0 Å². The molecule has 0 aliphatic rings. The molecule has 0 radical (unpaired) electrons. The fourth-order valence-corrected chi connectivity index (χ4v) is 1.32. The smallest absolute Gasteiger partial charge is 0.152 e. The van der Waals surface area contributed by atoms with E-state index in [9.17, 15) is 0 Å². The van der Waals surface area contributed by atoms with E-state index in [1.807, 2.05) is 24.3 Å². The van der Waals surface area contributed by atoms with Crippen LogP contribution in [-0.4, -0.2) is 4.98 Å². The van der Waals surface area contributed by atoms with E-state index in [1.54, 1.807) is 18.5 Å². The normalized spacial score (nSPS) is 8.79. The van der Waals surface area contributed by atoms with Crippen molar-refractivity contribution < 1.29 is 0 Å². The molecular weight excluding hydrogens is 172 g/mol. The maximum absolute atomic E-state index is 8.36. The minimum Gasteiger partial charge on any atom is -0.264 e. The van der Waals surface area contributed by atoms with E-state index in [2.05, 4.69) is 16.8 Å². The van der Waals surface area contributed by atoms with Crippen LogP contribution in [0.15, 0.2) is 36.7 Å². The average molecular weight is 178 g/mol. The van der Waals surface area contributed by atoms with E-state index in [1.165, 1.54) is 0 Å². The van der Waals surface area contributed by atoms with Gasteiger partial charge in [-0.05, 0) is 17.5 Å². The zero-order valence-corrected chi connectivity index (χ0v) is 7.36. The number of aromatic nitrogens is 1. The summed E-state index contributed by atoms with van der Waals surface area (Å²) in [5.74, 6) is 5.17. The Morgan fingerprint density at radius 1 is 1.21 bits per heavy atom. The molecule has 0 spiro atoms. The molecule has 2 rings (SSSR count). The zero-order valence-electron chi connectivity index (χ0n) is 7.36. The summed E-state index contributed by atoms with van der Waals surface area (Å²) in [6.07, 6.45) is 3.50. The molecule has 0 aliphatic carbocycles. The van der Waals surface area contributed by atoms with Crippen LogP contribution >= 0.6 is 0 Å². The lowest BCUT2D eigenvalue weighted by Gasteiger charge is -1.97. The molecule has 0 N–H and O–H groups in total. The van der Waals surface area contributed by atoms with Crippen LogP contribution < -0.4 is 0 Å². The number of nitrogens with zero attached hydrogens (tertiary/aromatic N) is 2. The number of nitriles is 1. The van der Waals surface area contributed by atoms with Gasteiger partial charge in [0.2, 0.25) is 0 Å². The molecule has 1 aromatic carbocycles. The van der Waals surface area contributed by atoms with E-state index in [0.717, 1.165) is 16.3 Å². The van der Waals surface area contributed by atoms with Crippen molar-refractivity contribution in [2.24, 2.45) is 0 Å². The van der Waals surface area contributed by atoms with E-state index in [-0.39, 0.29) is 0 Å². The van der Waals surface area contributed by atoms with Gasteiger partial charge in [-0.25, -0.2) is 0 Å². The molecule has 0 atom stereocenters. The second kappa shape index (κ2) is 3.60. The molecule has 0 saturated heterocycles. The first-order chi connectivity index (χ1) is 6.92. The third-order valence-corrected chi connectivity index (χ3v) is 1.94. The van der Waals surface area contributed by atoms with Gasteiger partial charge in [0.15, 0.2) is 6.07 Å². The Balaban J connectivity index is 2.72. The van der Waals surface area contributed by atoms with Crippen LogP contribution in [0.5, 0.6) is 0 Å². The van der Waals surface area contributed by atoms with Gasteiger partial charge in [-0.15, -0.1) is 0 Å². The van der Waals surface area contributed by atoms with Crippen molar-refractivity contribution in [1.29, 1.82) is 5.26 Å². The summed E-state index contributed by atoms with van der Waals surface area (Å²) in [6, 6.07) is 9.52. The van der Waals surface area contributed by atoms with Gasteiger partial charge < -0.3 is 0 Å². The van der Waals surface area contributed by atoms with Gasteiger partial charge >= 0.3 is 0 Å². The van der Waals surface area contributed by atoms with Crippen molar-refractivity contribution in [3.8, 4) is 17.9 Å². The second-order valence-electron chi connectivity index (χ2n) is 2.76. The SMILES string of the molecule is N#CC#Cc1cccc2ccncc12. The Morgan fingerprint density at radius 2 is 2.14 bits per heavy atom. The monoisotopic (exact) mass is 178 g/mol. The molecule has 14 heavy (non-hydrogen) atoms. The molecule has 2 heteroatoms. The number of hydrogen-bond acceptors (Lipinski definition) is 2. The fourth-order valence-electron chi connectivity index (χ4n) is 1.32. The molecular formula is C12H6N2. The first kappa shape index (κ1) is 8.29. The number of pyridine rings is 1. The van der Waals surface area contributed by atoms with Crippen LogP contribution in [0.1, 0.15) is 5.56 Å². The van der Waals surface area contributed by atoms with Crippen molar-refractivity contribution in [3.63, 3.8) is 0 Å². The topological polar surface area (TPSA) is 36.7 Å². The van der Waals surface area contributed by atoms with Gasteiger partial charge in [0.25, 0.3) is 0 Å². The lowest BCUT2D eigenvalue weighted by molar-refractivity contribution is 1.36. The first-order valence-electron chi connectivity index (χ1n) is 4.14. The largest absolute Gasteiger partial charge is 0.264 e. The van der Waals surface area contributed by atoms with Crippen LogP contribution in [0.3, 0.4) is 0 Å². The number of hydrogen-bond donors (Lipinski definition) is 0. The second-order valence-corrected chi connectivity index (χ2v) is 2.76. The Morgan fingerprint density at radius 3 is 3.00 bits per heavy atom. The minimum atomic E-state index is 0.845. The predicted octanol–water partition coefficient (Wildman–Crippen LogP) is 2.11. The lowest BCUT2D eigenvalue weighted by Crippen LogP contribution is -1.80. The summed E-state index contributed by atoms with van der Waals surface area (Å²) in [4.78, 5) is 4.03. The summed E-state index contributed by atoms with van der Waals surface area (Å²) < 4.78 is 0. The van der Waals surface area contributed by atoms with Crippen LogP contribution in [0.25, 0.3) is 10.8 Å². The lowest BCUT2D eigenvalue weighted by atomic mass is 10.1. The highest BCUT2D eigenvalue weighted by Gasteiger charge is 1.96. The fraction of sp³-hybridized carbons (Fsp3) is 0. The quantitative estimate of drug-likeness (QED) is 0.579. The Kier molecular flexibility index (Phi) is 2.13. The first-order valence-corrected chi connectivity index (χ1v) is 4.14. The number of benzene rings is 1. The van der Waals surface area contributed by atoms with Gasteiger partial charge in [0.1, 0.15) is 0 Å². The molecule has 1 aromatic heterocycles. The Bertz CT molecular complexity index is 563. The highest BCUT2D eigenvalue weighted by Crippen LogP contribution is 2.15. The molecule has 0 unspecified atom stereocenters. The van der Waals surface area contributed by atoms with Crippen LogP contribution in [0.2, 0.25) is 0 Å². The zero-order chi connectivity index (χ0) is 9.80. The number of fused-ring (bicyclic) bond motifs is 1. The molecule has 1 heterocycles. The van der Waals surface area contributed by atoms with Crippen LogP contribution in [-0.2, 0) is 0 Å². The molecule has 0 aliphatic heterocycles. The van der Waals surface area contributed by atoms with Crippen LogP contribution in [0.4, 0.5) is 0 Å². The summed E-state index contributed by atoms with van der Waals surface area (Å²) >= 11 is 0. The average Bonchev–Trinajstić information content (AvgIpc) is 2.26. The molecule has 2 aromatic rings. The number of rotatable bonds is 0. The van der Waals surface area contributed by atoms with Crippen LogP contribution in [0, 0.1) is 23.2 Å². The highest BCUT2D eigenvalue weighted by molar-refractivity contribution is 5.87. The molecule has 0 amide bonds. The van der Waals surface area contributed by atoms with Gasteiger partial charge in [0, 0.05) is 29.3 Å². The summed E-state index contributed by atoms with van der Waals surface area (Å²) in [5.41, 5.74) is 0.845. The molecule has 0 fully saturated rings. The summed E-state index contributed by atoms with van der Waals surface area (Å²) in [6.45, 7) is 0. The van der Waals surface area contributed by atoms with Gasteiger partial charge in [-0.3, -0.25) is 4.98 Å². The van der Waals surface area contributed by atoms with Crippen molar-refractivity contribution in [1.82, 2.24) is 4.98 Å². The maximum Gasteiger partial charge on any atom is 0.152 e. The van der Waals surface area contributed by atoms with Gasteiger partial charge in [-0.2, -0.15) is 5.26 Å². The third kappa shape index (κ3) is 1.42. The molecule has 0 bridgehead atoms. The van der Waals surface area contributed by atoms with E-state index >= 15 is 0 Å². The Labute approximate surface area is 81.8 Å². The molecule has 0 saturated carbocycles. The Hall–Kier alpha value is -2.32. The summed E-state index contributed by atoms with van der Waals surface area (Å²) in [7, 11) is 0. The molecule has 64 valence electrons. The van der Waals surface area contributed by atoms with Crippen molar-refractivity contribution in [3.05, 3.63) is 42.2 Å². The maximum atomic E-state index is 8.36. The molecule has 2 nitrogen and oxygen atoms in total.